The molecule has 2 N–H and O–H groups in total. The molecule has 22 heavy (non-hydrogen) atoms. The van der Waals surface area contributed by atoms with E-state index in [1.807, 2.05) is 18.2 Å². The molecule has 0 aromatic heterocycles. The lowest BCUT2D eigenvalue weighted by atomic mass is 10.1. The van der Waals surface area contributed by atoms with Crippen LogP contribution in [0.5, 0.6) is 0 Å². The van der Waals surface area contributed by atoms with E-state index < -0.39 is 0 Å². The molecule has 1 unspecified atom stereocenters. The topological polar surface area (TPSA) is 35.5 Å². The average Bonchev–Trinajstić information content (AvgIpc) is 2.59. The number of rotatable bonds is 8. The SMILES string of the molecule is CC(NCCCN(C)c1ccccc1)c1cccc(CO)c1. The Hall–Kier alpha value is -1.84. The lowest BCUT2D eigenvalue weighted by molar-refractivity contribution is 0.281. The molecule has 118 valence electrons. The van der Waals surface area contributed by atoms with Gasteiger partial charge in [0.15, 0.2) is 0 Å². The molecular formula is C19H26N2O. The molecule has 0 bridgehead atoms. The van der Waals surface area contributed by atoms with Crippen LogP contribution in [0.1, 0.15) is 30.5 Å². The zero-order valence-electron chi connectivity index (χ0n) is 13.5. The van der Waals surface area contributed by atoms with Gasteiger partial charge in [0.25, 0.3) is 0 Å². The molecule has 3 nitrogen and oxygen atoms in total. The summed E-state index contributed by atoms with van der Waals surface area (Å²) in [5.41, 5.74) is 3.45. The maximum absolute atomic E-state index is 9.20. The molecule has 0 aliphatic heterocycles. The Morgan fingerprint density at radius 1 is 1.09 bits per heavy atom. The monoisotopic (exact) mass is 298 g/mol. The molecule has 0 heterocycles. The van der Waals surface area contributed by atoms with Crippen LogP contribution < -0.4 is 10.2 Å². The number of hydrogen-bond donors (Lipinski definition) is 2. The lowest BCUT2D eigenvalue weighted by Gasteiger charge is -2.20. The normalized spacial score (nSPS) is 12.1. The van der Waals surface area contributed by atoms with Gasteiger partial charge in [0.1, 0.15) is 0 Å². The van der Waals surface area contributed by atoms with Crippen molar-refractivity contribution in [2.75, 3.05) is 25.0 Å². The summed E-state index contributed by atoms with van der Waals surface area (Å²) in [7, 11) is 2.13. The van der Waals surface area contributed by atoms with Crippen LogP contribution in [0.4, 0.5) is 5.69 Å². The molecule has 2 rings (SSSR count). The number of para-hydroxylation sites is 1. The van der Waals surface area contributed by atoms with E-state index >= 15 is 0 Å². The fourth-order valence-corrected chi connectivity index (χ4v) is 2.53. The van der Waals surface area contributed by atoms with Crippen LogP contribution >= 0.6 is 0 Å². The van der Waals surface area contributed by atoms with Gasteiger partial charge in [-0.3, -0.25) is 0 Å². The van der Waals surface area contributed by atoms with Crippen molar-refractivity contribution in [2.45, 2.75) is 26.0 Å². The van der Waals surface area contributed by atoms with Gasteiger partial charge in [-0.05, 0) is 43.1 Å². The zero-order chi connectivity index (χ0) is 15.8. The van der Waals surface area contributed by atoms with Crippen LogP contribution in [0.3, 0.4) is 0 Å². The van der Waals surface area contributed by atoms with Crippen molar-refractivity contribution >= 4 is 5.69 Å². The summed E-state index contributed by atoms with van der Waals surface area (Å²) in [6, 6.07) is 18.9. The number of nitrogens with zero attached hydrogens (tertiary/aromatic N) is 1. The maximum Gasteiger partial charge on any atom is 0.0681 e. The van der Waals surface area contributed by atoms with Crippen LogP contribution in [-0.2, 0) is 6.61 Å². The van der Waals surface area contributed by atoms with Gasteiger partial charge in [-0.1, -0.05) is 42.5 Å². The molecular weight excluding hydrogens is 272 g/mol. The van der Waals surface area contributed by atoms with Crippen LogP contribution in [0.15, 0.2) is 54.6 Å². The third kappa shape index (κ3) is 4.86. The summed E-state index contributed by atoms with van der Waals surface area (Å²) < 4.78 is 0. The third-order valence-corrected chi connectivity index (χ3v) is 3.95. The van der Waals surface area contributed by atoms with Crippen molar-refractivity contribution in [3.8, 4) is 0 Å². The van der Waals surface area contributed by atoms with Gasteiger partial charge in [0, 0.05) is 25.3 Å². The molecule has 0 spiro atoms. The van der Waals surface area contributed by atoms with Crippen LogP contribution in [-0.4, -0.2) is 25.2 Å². The van der Waals surface area contributed by atoms with Crippen molar-refractivity contribution < 1.29 is 5.11 Å². The Morgan fingerprint density at radius 2 is 1.86 bits per heavy atom. The van der Waals surface area contributed by atoms with Gasteiger partial charge >= 0.3 is 0 Å². The van der Waals surface area contributed by atoms with E-state index in [4.69, 9.17) is 0 Å². The highest BCUT2D eigenvalue weighted by Gasteiger charge is 2.05. The molecule has 1 atom stereocenters. The van der Waals surface area contributed by atoms with E-state index in [2.05, 4.69) is 60.6 Å². The summed E-state index contributed by atoms with van der Waals surface area (Å²) in [6.07, 6.45) is 1.09. The number of nitrogens with one attached hydrogen (secondary N) is 1. The minimum Gasteiger partial charge on any atom is -0.392 e. The van der Waals surface area contributed by atoms with Gasteiger partial charge in [0.05, 0.1) is 6.61 Å². The van der Waals surface area contributed by atoms with E-state index in [0.29, 0.717) is 6.04 Å². The van der Waals surface area contributed by atoms with Gasteiger partial charge in [-0.2, -0.15) is 0 Å². The fraction of sp³-hybridized carbons (Fsp3) is 0.368. The second-order valence-electron chi connectivity index (χ2n) is 5.69. The van der Waals surface area contributed by atoms with Gasteiger partial charge in [-0.25, -0.2) is 0 Å². The molecule has 0 amide bonds. The summed E-state index contributed by atoms with van der Waals surface area (Å²) in [6.45, 7) is 4.27. The maximum atomic E-state index is 9.20. The van der Waals surface area contributed by atoms with E-state index in [1.54, 1.807) is 0 Å². The van der Waals surface area contributed by atoms with Crippen LogP contribution in [0, 0.1) is 0 Å². The Morgan fingerprint density at radius 3 is 2.59 bits per heavy atom. The number of hydrogen-bond acceptors (Lipinski definition) is 3. The molecule has 0 aliphatic carbocycles. The third-order valence-electron chi connectivity index (χ3n) is 3.95. The first-order chi connectivity index (χ1) is 10.7. The number of aliphatic hydroxyl groups excluding tert-OH is 1. The highest BCUT2D eigenvalue weighted by Crippen LogP contribution is 2.15. The molecule has 0 fully saturated rings. The minimum atomic E-state index is 0.0996. The molecule has 0 aliphatic rings. The van der Waals surface area contributed by atoms with Crippen molar-refractivity contribution in [3.05, 3.63) is 65.7 Å². The fourth-order valence-electron chi connectivity index (χ4n) is 2.53. The van der Waals surface area contributed by atoms with Crippen molar-refractivity contribution in [2.24, 2.45) is 0 Å². The molecule has 2 aromatic rings. The van der Waals surface area contributed by atoms with Gasteiger partial charge < -0.3 is 15.3 Å². The summed E-state index contributed by atoms with van der Waals surface area (Å²) in [4.78, 5) is 2.28. The van der Waals surface area contributed by atoms with Crippen molar-refractivity contribution in [3.63, 3.8) is 0 Å². The van der Waals surface area contributed by atoms with Crippen LogP contribution in [0.25, 0.3) is 0 Å². The van der Waals surface area contributed by atoms with Gasteiger partial charge in [0.2, 0.25) is 0 Å². The number of anilines is 1. The molecule has 0 saturated carbocycles. The lowest BCUT2D eigenvalue weighted by Crippen LogP contribution is -2.25. The first-order valence-corrected chi connectivity index (χ1v) is 7.90. The van der Waals surface area contributed by atoms with Gasteiger partial charge in [-0.15, -0.1) is 0 Å². The Kier molecular flexibility index (Phi) is 6.44. The molecule has 3 heteroatoms. The quantitative estimate of drug-likeness (QED) is 0.734. The predicted molar refractivity (Wildman–Crippen MR) is 93.1 cm³/mol. The summed E-state index contributed by atoms with van der Waals surface area (Å²) in [5, 5.41) is 12.8. The van der Waals surface area contributed by atoms with Crippen molar-refractivity contribution in [1.29, 1.82) is 0 Å². The first kappa shape index (κ1) is 16.5. The number of aliphatic hydroxyl groups is 1. The molecule has 2 aromatic carbocycles. The second kappa shape index (κ2) is 8.57. The van der Waals surface area contributed by atoms with Crippen molar-refractivity contribution in [1.82, 2.24) is 5.32 Å². The Balaban J connectivity index is 1.74. The smallest absolute Gasteiger partial charge is 0.0681 e. The summed E-state index contributed by atoms with van der Waals surface area (Å²) >= 11 is 0. The highest BCUT2D eigenvalue weighted by atomic mass is 16.3. The van der Waals surface area contributed by atoms with E-state index in [9.17, 15) is 5.11 Å². The standard InChI is InChI=1S/C19H26N2O/c1-16(18-9-6-8-17(14-18)15-22)20-12-7-13-21(2)19-10-4-3-5-11-19/h3-6,8-11,14,16,20,22H,7,12-13,15H2,1-2H3. The Bertz CT molecular complexity index is 556. The highest BCUT2D eigenvalue weighted by molar-refractivity contribution is 5.44. The second-order valence-corrected chi connectivity index (χ2v) is 5.69. The van der Waals surface area contributed by atoms with E-state index in [0.717, 1.165) is 25.1 Å². The van der Waals surface area contributed by atoms with E-state index in [1.165, 1.54) is 11.3 Å². The number of benzene rings is 2. The first-order valence-electron chi connectivity index (χ1n) is 7.90. The van der Waals surface area contributed by atoms with E-state index in [-0.39, 0.29) is 6.61 Å². The Labute approximate surface area is 133 Å². The minimum absolute atomic E-state index is 0.0996. The summed E-state index contributed by atoms with van der Waals surface area (Å²) in [5.74, 6) is 0. The van der Waals surface area contributed by atoms with Crippen LogP contribution in [0.2, 0.25) is 0 Å². The predicted octanol–water partition coefficient (Wildman–Crippen LogP) is 3.36. The largest absolute Gasteiger partial charge is 0.392 e. The average molecular weight is 298 g/mol. The molecule has 0 radical (unpaired) electrons. The molecule has 0 saturated heterocycles. The zero-order valence-corrected chi connectivity index (χ0v) is 13.5.